The van der Waals surface area contributed by atoms with Gasteiger partial charge in [0.2, 0.25) is 5.91 Å². The summed E-state index contributed by atoms with van der Waals surface area (Å²) >= 11 is 0. The first-order chi connectivity index (χ1) is 11.6. The third kappa shape index (κ3) is 3.59. The fourth-order valence-corrected chi connectivity index (χ4v) is 3.20. The molecule has 2 heterocycles. The van der Waals surface area contributed by atoms with Crippen molar-refractivity contribution in [2.24, 2.45) is 5.73 Å². The highest BCUT2D eigenvalue weighted by atomic mass is 16.5. The molecule has 2 atom stereocenters. The molecule has 0 radical (unpaired) electrons. The first-order valence-corrected chi connectivity index (χ1v) is 8.34. The first-order valence-electron chi connectivity index (χ1n) is 8.34. The van der Waals surface area contributed by atoms with Crippen LogP contribution in [0.25, 0.3) is 0 Å². The largest absolute Gasteiger partial charge is 0.489 e. The number of carbonyl (C=O) groups is 1. The van der Waals surface area contributed by atoms with Crippen molar-refractivity contribution in [3.8, 4) is 5.75 Å². The summed E-state index contributed by atoms with van der Waals surface area (Å²) in [5, 5.41) is 4.47. The molecule has 1 amide bonds. The number of ether oxygens (including phenoxy) is 1. The lowest BCUT2D eigenvalue weighted by Crippen LogP contribution is -2.39. The molecule has 2 N–H and O–H groups in total. The van der Waals surface area contributed by atoms with Crippen LogP contribution in [-0.2, 0) is 17.9 Å². The Bertz CT molecular complexity index is 698. The average Bonchev–Trinajstić information content (AvgIpc) is 3.12. The molecule has 1 aromatic carbocycles. The number of primary amides is 1. The maximum absolute atomic E-state index is 11.9. The maximum atomic E-state index is 11.9. The molecule has 6 nitrogen and oxygen atoms in total. The van der Waals surface area contributed by atoms with Crippen LogP contribution in [0, 0.1) is 6.92 Å². The number of nitrogens with two attached hydrogens (primary N) is 1. The number of likely N-dealkylation sites (tertiary alicyclic amines) is 1. The summed E-state index contributed by atoms with van der Waals surface area (Å²) in [5.74, 6) is 0.525. The van der Waals surface area contributed by atoms with Gasteiger partial charge in [-0.15, -0.1) is 0 Å². The van der Waals surface area contributed by atoms with Gasteiger partial charge in [0.15, 0.2) is 0 Å². The predicted molar refractivity (Wildman–Crippen MR) is 91.5 cm³/mol. The minimum absolute atomic E-state index is 0.0357. The van der Waals surface area contributed by atoms with E-state index in [1.54, 1.807) is 0 Å². The first kappa shape index (κ1) is 16.5. The Kier molecular flexibility index (Phi) is 4.85. The van der Waals surface area contributed by atoms with Crippen molar-refractivity contribution in [3.05, 3.63) is 47.8 Å². The second kappa shape index (κ2) is 7.05. The van der Waals surface area contributed by atoms with Crippen LogP contribution in [0.4, 0.5) is 0 Å². The van der Waals surface area contributed by atoms with Crippen molar-refractivity contribution in [3.63, 3.8) is 0 Å². The Morgan fingerprint density at radius 1 is 1.38 bits per heavy atom. The van der Waals surface area contributed by atoms with Gasteiger partial charge in [-0.2, -0.15) is 5.10 Å². The van der Waals surface area contributed by atoms with Crippen molar-refractivity contribution in [2.75, 3.05) is 6.54 Å². The molecule has 3 rings (SSSR count). The van der Waals surface area contributed by atoms with E-state index in [1.165, 1.54) is 0 Å². The van der Waals surface area contributed by atoms with Crippen LogP contribution < -0.4 is 10.5 Å². The second-order valence-corrected chi connectivity index (χ2v) is 6.23. The fraction of sp³-hybridized carbons (Fsp3) is 0.444. The minimum atomic E-state index is -0.303. The van der Waals surface area contributed by atoms with Crippen LogP contribution in [0.1, 0.15) is 24.6 Å². The molecule has 0 spiro atoms. The number of carbonyl (C=O) groups excluding carboxylic acids is 1. The van der Waals surface area contributed by atoms with Crippen LogP contribution in [0.2, 0.25) is 0 Å². The van der Waals surface area contributed by atoms with Crippen molar-refractivity contribution >= 4 is 5.91 Å². The summed E-state index contributed by atoms with van der Waals surface area (Å²) in [6.07, 6.45) is 2.62. The highest BCUT2D eigenvalue weighted by molar-refractivity contribution is 5.80. The van der Waals surface area contributed by atoms with E-state index in [-0.39, 0.29) is 18.1 Å². The van der Waals surface area contributed by atoms with Crippen molar-refractivity contribution < 1.29 is 9.53 Å². The predicted octanol–water partition coefficient (Wildman–Crippen LogP) is 1.72. The highest BCUT2D eigenvalue weighted by Crippen LogP contribution is 2.25. The molecule has 6 heteroatoms. The van der Waals surface area contributed by atoms with Gasteiger partial charge in [0, 0.05) is 37.8 Å². The van der Waals surface area contributed by atoms with Gasteiger partial charge in [-0.05, 0) is 26.0 Å². The maximum Gasteiger partial charge on any atom is 0.234 e. The average molecular weight is 328 g/mol. The van der Waals surface area contributed by atoms with Crippen molar-refractivity contribution in [1.29, 1.82) is 0 Å². The summed E-state index contributed by atoms with van der Waals surface area (Å²) in [6, 6.07) is 9.39. The second-order valence-electron chi connectivity index (χ2n) is 6.23. The van der Waals surface area contributed by atoms with Crippen molar-refractivity contribution in [2.45, 2.75) is 45.5 Å². The SMILES string of the molecule is CCn1cc(CN2C[C@@H](Oc3ccccc3)C[C@H]2C(N)=O)c(C)n1. The number of aromatic nitrogens is 2. The van der Waals surface area contributed by atoms with Crippen LogP contribution in [0.15, 0.2) is 36.5 Å². The number of benzene rings is 1. The van der Waals surface area contributed by atoms with E-state index >= 15 is 0 Å². The Labute approximate surface area is 142 Å². The fourth-order valence-electron chi connectivity index (χ4n) is 3.20. The van der Waals surface area contributed by atoms with Gasteiger partial charge in [-0.1, -0.05) is 18.2 Å². The van der Waals surface area contributed by atoms with Crippen LogP contribution in [0.5, 0.6) is 5.75 Å². The number of amides is 1. The molecule has 128 valence electrons. The molecule has 1 fully saturated rings. The Hall–Kier alpha value is -2.34. The van der Waals surface area contributed by atoms with Crippen LogP contribution in [-0.4, -0.2) is 39.3 Å². The van der Waals surface area contributed by atoms with Gasteiger partial charge < -0.3 is 10.5 Å². The standard InChI is InChI=1S/C18H24N4O2/c1-3-22-11-14(13(2)20-22)10-21-12-16(9-17(21)18(19)23)24-15-7-5-4-6-8-15/h4-8,11,16-17H,3,9-10,12H2,1-2H3,(H2,19,23)/t16-,17-/m0/s1. The lowest BCUT2D eigenvalue weighted by atomic mass is 10.1. The van der Waals surface area contributed by atoms with E-state index in [2.05, 4.69) is 16.9 Å². The molecule has 2 aromatic rings. The summed E-state index contributed by atoms with van der Waals surface area (Å²) < 4.78 is 7.92. The molecule has 1 aliphatic heterocycles. The van der Waals surface area contributed by atoms with E-state index in [0.29, 0.717) is 19.5 Å². The molecule has 24 heavy (non-hydrogen) atoms. The molecular weight excluding hydrogens is 304 g/mol. The van der Waals surface area contributed by atoms with Gasteiger partial charge in [-0.25, -0.2) is 0 Å². The molecule has 0 aliphatic carbocycles. The topological polar surface area (TPSA) is 73.4 Å². The zero-order chi connectivity index (χ0) is 17.1. The van der Waals surface area contributed by atoms with Gasteiger partial charge in [0.25, 0.3) is 0 Å². The smallest absolute Gasteiger partial charge is 0.234 e. The third-order valence-corrected chi connectivity index (χ3v) is 4.48. The van der Waals surface area contributed by atoms with E-state index in [0.717, 1.165) is 23.6 Å². The van der Waals surface area contributed by atoms with E-state index in [9.17, 15) is 4.79 Å². The lowest BCUT2D eigenvalue weighted by molar-refractivity contribution is -0.122. The molecule has 1 aromatic heterocycles. The number of hydrogen-bond acceptors (Lipinski definition) is 4. The van der Waals surface area contributed by atoms with E-state index in [4.69, 9.17) is 10.5 Å². The minimum Gasteiger partial charge on any atom is -0.489 e. The van der Waals surface area contributed by atoms with Gasteiger partial charge >= 0.3 is 0 Å². The highest BCUT2D eigenvalue weighted by Gasteiger charge is 2.37. The quantitative estimate of drug-likeness (QED) is 0.876. The van der Waals surface area contributed by atoms with Crippen LogP contribution >= 0.6 is 0 Å². The summed E-state index contributed by atoms with van der Waals surface area (Å²) in [7, 11) is 0. The van der Waals surface area contributed by atoms with E-state index < -0.39 is 0 Å². The van der Waals surface area contributed by atoms with Gasteiger partial charge in [0.1, 0.15) is 11.9 Å². The molecular formula is C18H24N4O2. The summed E-state index contributed by atoms with van der Waals surface area (Å²) in [5.41, 5.74) is 7.73. The summed E-state index contributed by atoms with van der Waals surface area (Å²) in [4.78, 5) is 13.9. The van der Waals surface area contributed by atoms with Gasteiger partial charge in [-0.3, -0.25) is 14.4 Å². The lowest BCUT2D eigenvalue weighted by Gasteiger charge is -2.21. The Balaban J connectivity index is 1.71. The molecule has 1 saturated heterocycles. The number of rotatable bonds is 6. The zero-order valence-corrected chi connectivity index (χ0v) is 14.2. The Morgan fingerprint density at radius 2 is 2.12 bits per heavy atom. The molecule has 0 bridgehead atoms. The van der Waals surface area contributed by atoms with Crippen LogP contribution in [0.3, 0.4) is 0 Å². The monoisotopic (exact) mass is 328 g/mol. The zero-order valence-electron chi connectivity index (χ0n) is 14.2. The Morgan fingerprint density at radius 3 is 2.75 bits per heavy atom. The normalized spacial score (nSPS) is 21.1. The van der Waals surface area contributed by atoms with E-state index in [1.807, 2.05) is 48.1 Å². The summed E-state index contributed by atoms with van der Waals surface area (Å²) in [6.45, 7) is 6.23. The van der Waals surface area contributed by atoms with Gasteiger partial charge in [0.05, 0.1) is 11.7 Å². The molecule has 0 unspecified atom stereocenters. The number of nitrogens with zero attached hydrogens (tertiary/aromatic N) is 3. The van der Waals surface area contributed by atoms with Crippen molar-refractivity contribution in [1.82, 2.24) is 14.7 Å². The number of hydrogen-bond donors (Lipinski definition) is 1. The third-order valence-electron chi connectivity index (χ3n) is 4.48. The number of aryl methyl sites for hydroxylation is 2. The number of para-hydroxylation sites is 1. The molecule has 1 aliphatic rings. The molecule has 0 saturated carbocycles.